The van der Waals surface area contributed by atoms with Gasteiger partial charge in [-0.15, -0.1) is 12.4 Å². The minimum Gasteiger partial charge on any atom is -0.489 e. The average Bonchev–Trinajstić information content (AvgIpc) is 3.46. The molecule has 3 amide bonds. The quantitative estimate of drug-likeness (QED) is 0.357. The highest BCUT2D eigenvalue weighted by atomic mass is 35.5. The van der Waals surface area contributed by atoms with E-state index in [2.05, 4.69) is 19.8 Å². The Bertz CT molecular complexity index is 1220. The van der Waals surface area contributed by atoms with E-state index in [1.807, 2.05) is 0 Å². The largest absolute Gasteiger partial charge is 0.489 e. The summed E-state index contributed by atoms with van der Waals surface area (Å²) in [6.07, 6.45) is 1.46. The first-order valence-corrected chi connectivity index (χ1v) is 12.5. The highest BCUT2D eigenvalue weighted by Crippen LogP contribution is 2.37. The second-order valence-electron chi connectivity index (χ2n) is 9.67. The molecule has 3 atom stereocenters. The Morgan fingerprint density at radius 1 is 1.25 bits per heavy atom. The lowest BCUT2D eigenvalue weighted by atomic mass is 10.1. The number of hydrogen-bond acceptors (Lipinski definition) is 9. The van der Waals surface area contributed by atoms with E-state index in [-0.39, 0.29) is 60.6 Å². The number of nitrogens with one attached hydrogen (secondary N) is 1. The molecule has 2 aromatic rings. The van der Waals surface area contributed by atoms with E-state index in [0.717, 1.165) is 12.8 Å². The normalized spacial score (nSPS) is 19.1. The van der Waals surface area contributed by atoms with Crippen molar-refractivity contribution in [2.45, 2.75) is 57.3 Å². The van der Waals surface area contributed by atoms with Gasteiger partial charge in [-0.2, -0.15) is 8.78 Å². The molecule has 2 heterocycles. The molecule has 220 valence electrons. The summed E-state index contributed by atoms with van der Waals surface area (Å²) in [5, 5.41) is 2.63. The molecule has 0 radical (unpaired) electrons. The predicted molar refractivity (Wildman–Crippen MR) is 139 cm³/mol. The standard InChI is InChI=1S/C25H31F2N5O7.ClH/c1-12(28)21-20(23(34)32-10-15(30-25(35)36-2)8-16(32)9-19(29)33)31-22(39-21)14-5-6-17(38-24(26)27)18(7-14)37-11-13-3-4-13;/h5-7,12-13,15-16,24H,3-4,8-11,28H2,1-2H3,(H2,29,33)(H,30,35);1H/t12-,15+,16-;/m0./s1. The molecule has 0 spiro atoms. The summed E-state index contributed by atoms with van der Waals surface area (Å²) in [5.74, 6) is -0.776. The summed E-state index contributed by atoms with van der Waals surface area (Å²) < 4.78 is 46.7. The Morgan fingerprint density at radius 3 is 2.58 bits per heavy atom. The number of oxazole rings is 1. The van der Waals surface area contributed by atoms with Gasteiger partial charge in [-0.05, 0) is 50.3 Å². The first-order chi connectivity index (χ1) is 18.5. The minimum atomic E-state index is -3.04. The van der Waals surface area contributed by atoms with Crippen LogP contribution in [0.1, 0.15) is 54.9 Å². The highest BCUT2D eigenvalue weighted by Gasteiger charge is 2.39. The zero-order chi connectivity index (χ0) is 28.3. The molecule has 1 aliphatic heterocycles. The van der Waals surface area contributed by atoms with Crippen LogP contribution < -0.4 is 26.3 Å². The molecule has 1 saturated heterocycles. The van der Waals surface area contributed by atoms with Crippen molar-refractivity contribution < 1.29 is 41.8 Å². The molecule has 4 rings (SSSR count). The molecule has 2 aliphatic rings. The predicted octanol–water partition coefficient (Wildman–Crippen LogP) is 2.99. The van der Waals surface area contributed by atoms with Gasteiger partial charge in [0.05, 0.1) is 25.8 Å². The smallest absolute Gasteiger partial charge is 0.407 e. The molecular formula is C25H32ClF2N5O7. The number of alkyl carbamates (subject to hydrolysis) is 1. The molecule has 2 fully saturated rings. The number of primary amides is 1. The summed E-state index contributed by atoms with van der Waals surface area (Å²) in [7, 11) is 1.22. The molecule has 1 aliphatic carbocycles. The third-order valence-electron chi connectivity index (χ3n) is 6.47. The van der Waals surface area contributed by atoms with Crippen molar-refractivity contribution in [2.24, 2.45) is 17.4 Å². The van der Waals surface area contributed by atoms with Crippen molar-refractivity contribution in [1.82, 2.24) is 15.2 Å². The Kier molecular flexibility index (Phi) is 10.1. The summed E-state index contributed by atoms with van der Waals surface area (Å²) in [4.78, 5) is 42.8. The van der Waals surface area contributed by atoms with Crippen molar-refractivity contribution in [3.63, 3.8) is 0 Å². The molecule has 5 N–H and O–H groups in total. The fraction of sp³-hybridized carbons (Fsp3) is 0.520. The summed E-state index contributed by atoms with van der Waals surface area (Å²) >= 11 is 0. The number of nitrogens with two attached hydrogens (primary N) is 2. The number of rotatable bonds is 11. The van der Waals surface area contributed by atoms with Crippen LogP contribution in [0, 0.1) is 5.92 Å². The lowest BCUT2D eigenvalue weighted by molar-refractivity contribution is -0.118. The molecule has 40 heavy (non-hydrogen) atoms. The second kappa shape index (κ2) is 13.1. The second-order valence-corrected chi connectivity index (χ2v) is 9.67. The highest BCUT2D eigenvalue weighted by molar-refractivity contribution is 5.95. The van der Waals surface area contributed by atoms with Gasteiger partial charge in [0, 0.05) is 24.6 Å². The number of likely N-dealkylation sites (tertiary alicyclic amines) is 1. The van der Waals surface area contributed by atoms with Crippen molar-refractivity contribution >= 4 is 30.3 Å². The summed E-state index contributed by atoms with van der Waals surface area (Å²) in [6.45, 7) is -1.01. The van der Waals surface area contributed by atoms with E-state index in [0.29, 0.717) is 18.1 Å². The van der Waals surface area contributed by atoms with Crippen LogP contribution in [0.4, 0.5) is 13.6 Å². The van der Waals surface area contributed by atoms with Crippen LogP contribution in [-0.2, 0) is 9.53 Å². The van der Waals surface area contributed by atoms with Gasteiger partial charge in [-0.25, -0.2) is 9.78 Å². The van der Waals surface area contributed by atoms with Crippen LogP contribution in [0.3, 0.4) is 0 Å². The van der Waals surface area contributed by atoms with Crippen LogP contribution in [0.15, 0.2) is 22.6 Å². The van der Waals surface area contributed by atoms with Crippen molar-refractivity contribution in [2.75, 3.05) is 20.3 Å². The number of carbonyl (C=O) groups excluding carboxylic acids is 3. The number of hydrogen-bond donors (Lipinski definition) is 3. The van der Waals surface area contributed by atoms with Crippen LogP contribution in [0.2, 0.25) is 0 Å². The van der Waals surface area contributed by atoms with E-state index in [4.69, 9.17) is 20.6 Å². The van der Waals surface area contributed by atoms with E-state index in [1.165, 1.54) is 30.2 Å². The molecule has 0 unspecified atom stereocenters. The third kappa shape index (κ3) is 7.50. The van der Waals surface area contributed by atoms with Gasteiger partial charge >= 0.3 is 12.7 Å². The van der Waals surface area contributed by atoms with Gasteiger partial charge in [0.15, 0.2) is 23.0 Å². The maximum Gasteiger partial charge on any atom is 0.407 e. The maximum absolute atomic E-state index is 13.7. The van der Waals surface area contributed by atoms with Gasteiger partial charge in [0.25, 0.3) is 5.91 Å². The van der Waals surface area contributed by atoms with Gasteiger partial charge in [0.2, 0.25) is 11.8 Å². The van der Waals surface area contributed by atoms with Crippen LogP contribution >= 0.6 is 12.4 Å². The number of ether oxygens (including phenoxy) is 3. The molecule has 1 saturated carbocycles. The fourth-order valence-electron chi connectivity index (χ4n) is 4.41. The first kappa shape index (κ1) is 30.9. The van der Waals surface area contributed by atoms with E-state index in [1.54, 1.807) is 6.92 Å². The van der Waals surface area contributed by atoms with Gasteiger partial charge in [0.1, 0.15) is 0 Å². The number of carbonyl (C=O) groups is 3. The van der Waals surface area contributed by atoms with Gasteiger partial charge in [-0.3, -0.25) is 9.59 Å². The SMILES string of the molecule is COC(=O)N[C@@H]1C[C@@H](CC(N)=O)N(C(=O)c2nc(-c3ccc(OC(F)F)c(OCC4CC4)c3)oc2[C@H](C)N)C1.Cl. The summed E-state index contributed by atoms with van der Waals surface area (Å²) in [5.41, 5.74) is 11.8. The lowest BCUT2D eigenvalue weighted by Gasteiger charge is -2.23. The molecule has 12 nitrogen and oxygen atoms in total. The third-order valence-corrected chi connectivity index (χ3v) is 6.47. The zero-order valence-corrected chi connectivity index (χ0v) is 22.7. The van der Waals surface area contributed by atoms with Gasteiger partial charge < -0.3 is 40.3 Å². The van der Waals surface area contributed by atoms with Crippen LogP contribution in [-0.4, -0.2) is 66.7 Å². The Hall–Kier alpha value is -3.65. The van der Waals surface area contributed by atoms with Gasteiger partial charge in [-0.1, -0.05) is 0 Å². The summed E-state index contributed by atoms with van der Waals surface area (Å²) in [6, 6.07) is 2.39. The lowest BCUT2D eigenvalue weighted by Crippen LogP contribution is -2.40. The van der Waals surface area contributed by atoms with E-state index in [9.17, 15) is 23.2 Å². The average molecular weight is 588 g/mol. The molecule has 1 aromatic carbocycles. The van der Waals surface area contributed by atoms with E-state index < -0.39 is 42.6 Å². The number of methoxy groups -OCH3 is 1. The monoisotopic (exact) mass is 587 g/mol. The Labute approximate surface area is 235 Å². The molecule has 1 aromatic heterocycles. The topological polar surface area (TPSA) is 172 Å². The molecule has 0 bridgehead atoms. The van der Waals surface area contributed by atoms with Crippen molar-refractivity contribution in [3.05, 3.63) is 29.7 Å². The number of alkyl halides is 2. The van der Waals surface area contributed by atoms with Crippen LogP contribution in [0.5, 0.6) is 11.5 Å². The Balaban J connectivity index is 0.00000441. The fourth-order valence-corrected chi connectivity index (χ4v) is 4.41. The number of benzene rings is 1. The number of amides is 3. The first-order valence-electron chi connectivity index (χ1n) is 12.5. The molecule has 15 heteroatoms. The minimum absolute atomic E-state index is 0. The van der Waals surface area contributed by atoms with Crippen LogP contribution in [0.25, 0.3) is 11.5 Å². The maximum atomic E-state index is 13.7. The Morgan fingerprint density at radius 2 is 1.98 bits per heavy atom. The number of nitrogens with zero attached hydrogens (tertiary/aromatic N) is 2. The number of halogens is 3. The van der Waals surface area contributed by atoms with Crippen molar-refractivity contribution in [3.8, 4) is 23.0 Å². The zero-order valence-electron chi connectivity index (χ0n) is 21.9. The van der Waals surface area contributed by atoms with E-state index >= 15 is 0 Å². The molecular weight excluding hydrogens is 556 g/mol. The number of aromatic nitrogens is 1. The van der Waals surface area contributed by atoms with Crippen molar-refractivity contribution in [1.29, 1.82) is 0 Å².